The van der Waals surface area contributed by atoms with Gasteiger partial charge in [0.05, 0.1) is 18.8 Å². The monoisotopic (exact) mass is 257 g/mol. The predicted molar refractivity (Wildman–Crippen MR) is 75.7 cm³/mol. The minimum absolute atomic E-state index is 0.0557. The molecule has 0 aromatic rings. The van der Waals surface area contributed by atoms with Crippen molar-refractivity contribution in [3.63, 3.8) is 0 Å². The minimum atomic E-state index is -0.0557. The second-order valence-electron chi connectivity index (χ2n) is 5.58. The summed E-state index contributed by atoms with van der Waals surface area (Å²) in [5.74, 6) is 0.898. The van der Waals surface area contributed by atoms with Crippen LogP contribution in [-0.4, -0.2) is 32.0 Å². The zero-order chi connectivity index (χ0) is 13.3. The quantitative estimate of drug-likeness (QED) is 0.645. The van der Waals surface area contributed by atoms with Crippen LogP contribution in [0.5, 0.6) is 0 Å². The van der Waals surface area contributed by atoms with Gasteiger partial charge in [-0.3, -0.25) is 0 Å². The third-order valence-corrected chi connectivity index (χ3v) is 4.07. The number of hydrogen-bond acceptors (Lipinski definition) is 3. The molecule has 1 aliphatic carbocycles. The molecule has 1 aliphatic rings. The number of nitrogens with two attached hydrogens (primary N) is 1. The summed E-state index contributed by atoms with van der Waals surface area (Å²) in [6, 6.07) is 0. The maximum Gasteiger partial charge on any atom is 0.0805 e. The van der Waals surface area contributed by atoms with Crippen molar-refractivity contribution in [1.82, 2.24) is 0 Å². The Bertz CT molecular complexity index is 201. The van der Waals surface area contributed by atoms with Crippen molar-refractivity contribution >= 4 is 0 Å². The topological polar surface area (TPSA) is 44.5 Å². The van der Waals surface area contributed by atoms with E-state index in [4.69, 9.17) is 15.2 Å². The summed E-state index contributed by atoms with van der Waals surface area (Å²) >= 11 is 0. The molecule has 0 aliphatic heterocycles. The molecule has 0 aromatic heterocycles. The maximum atomic E-state index is 6.04. The van der Waals surface area contributed by atoms with Crippen LogP contribution in [0.25, 0.3) is 0 Å². The van der Waals surface area contributed by atoms with Gasteiger partial charge in [0.25, 0.3) is 0 Å². The molecular weight excluding hydrogens is 226 g/mol. The first-order valence-corrected chi connectivity index (χ1v) is 7.68. The molecule has 0 amide bonds. The van der Waals surface area contributed by atoms with E-state index in [0.29, 0.717) is 19.8 Å². The molecule has 0 radical (unpaired) electrons. The molecule has 0 unspecified atom stereocenters. The van der Waals surface area contributed by atoms with Crippen LogP contribution in [0.3, 0.4) is 0 Å². The summed E-state index contributed by atoms with van der Waals surface area (Å²) in [4.78, 5) is 0. The molecule has 0 heterocycles. The molecule has 0 atom stereocenters. The van der Waals surface area contributed by atoms with Crippen LogP contribution >= 0.6 is 0 Å². The highest BCUT2D eigenvalue weighted by Crippen LogP contribution is 2.36. The predicted octanol–water partition coefficient (Wildman–Crippen LogP) is 3.12. The van der Waals surface area contributed by atoms with Gasteiger partial charge in [0.2, 0.25) is 0 Å². The van der Waals surface area contributed by atoms with Gasteiger partial charge < -0.3 is 15.2 Å². The van der Waals surface area contributed by atoms with Gasteiger partial charge in [-0.15, -0.1) is 0 Å². The molecule has 1 saturated carbocycles. The molecule has 0 bridgehead atoms. The zero-order valence-electron chi connectivity index (χ0n) is 12.2. The molecule has 3 nitrogen and oxygen atoms in total. The molecule has 3 heteroatoms. The number of hydrogen-bond donors (Lipinski definition) is 1. The van der Waals surface area contributed by atoms with Gasteiger partial charge in [-0.05, 0) is 38.0 Å². The van der Waals surface area contributed by atoms with E-state index in [1.807, 2.05) is 0 Å². The Kier molecular flexibility index (Phi) is 7.87. The van der Waals surface area contributed by atoms with Gasteiger partial charge in [-0.1, -0.05) is 26.7 Å². The lowest BCUT2D eigenvalue weighted by Gasteiger charge is -2.39. The molecule has 0 spiro atoms. The van der Waals surface area contributed by atoms with Crippen molar-refractivity contribution in [1.29, 1.82) is 0 Å². The normalized spacial score (nSPS) is 28.5. The van der Waals surface area contributed by atoms with Crippen molar-refractivity contribution in [2.45, 2.75) is 64.4 Å². The van der Waals surface area contributed by atoms with Gasteiger partial charge in [0, 0.05) is 13.2 Å². The molecule has 2 N–H and O–H groups in total. The first-order valence-electron chi connectivity index (χ1n) is 7.68. The Morgan fingerprint density at radius 2 is 1.78 bits per heavy atom. The Morgan fingerprint density at radius 3 is 2.33 bits per heavy atom. The summed E-state index contributed by atoms with van der Waals surface area (Å²) in [7, 11) is 0. The summed E-state index contributed by atoms with van der Waals surface area (Å²) in [5.41, 5.74) is 5.88. The molecule has 108 valence electrons. The first-order chi connectivity index (χ1) is 8.76. The van der Waals surface area contributed by atoms with Gasteiger partial charge in [0.15, 0.2) is 0 Å². The van der Waals surface area contributed by atoms with E-state index in [1.54, 1.807) is 0 Å². The van der Waals surface area contributed by atoms with E-state index in [1.165, 1.54) is 25.7 Å². The van der Waals surface area contributed by atoms with Gasteiger partial charge in [-0.25, -0.2) is 0 Å². The second kappa shape index (κ2) is 8.89. The average Bonchev–Trinajstić information content (AvgIpc) is 2.41. The molecule has 0 saturated heterocycles. The summed E-state index contributed by atoms with van der Waals surface area (Å²) in [5, 5.41) is 0. The first kappa shape index (κ1) is 15.9. The zero-order valence-corrected chi connectivity index (χ0v) is 12.2. The lowest BCUT2D eigenvalue weighted by atomic mass is 9.77. The van der Waals surface area contributed by atoms with Crippen LogP contribution in [0.15, 0.2) is 0 Å². The van der Waals surface area contributed by atoms with Gasteiger partial charge in [-0.2, -0.15) is 0 Å². The van der Waals surface area contributed by atoms with E-state index in [9.17, 15) is 0 Å². The van der Waals surface area contributed by atoms with E-state index in [2.05, 4.69) is 13.8 Å². The summed E-state index contributed by atoms with van der Waals surface area (Å²) in [6.45, 7) is 7.27. The van der Waals surface area contributed by atoms with Crippen LogP contribution in [0.1, 0.15) is 58.8 Å². The molecule has 18 heavy (non-hydrogen) atoms. The van der Waals surface area contributed by atoms with E-state index >= 15 is 0 Å². The summed E-state index contributed by atoms with van der Waals surface area (Å²) < 4.78 is 11.5. The number of ether oxygens (including phenoxy) is 2. The van der Waals surface area contributed by atoms with Gasteiger partial charge >= 0.3 is 0 Å². The van der Waals surface area contributed by atoms with Crippen molar-refractivity contribution in [2.75, 3.05) is 26.4 Å². The SMILES string of the molecule is CCCOCCOC1(CN)CCC(CCC)CC1. The van der Waals surface area contributed by atoms with E-state index < -0.39 is 0 Å². The summed E-state index contributed by atoms with van der Waals surface area (Å²) in [6.07, 6.45) is 8.54. The highest BCUT2D eigenvalue weighted by molar-refractivity contribution is 4.88. The van der Waals surface area contributed by atoms with E-state index in [0.717, 1.165) is 31.8 Å². The second-order valence-corrected chi connectivity index (χ2v) is 5.58. The smallest absolute Gasteiger partial charge is 0.0805 e. The van der Waals surface area contributed by atoms with Crippen LogP contribution in [0.2, 0.25) is 0 Å². The van der Waals surface area contributed by atoms with Crippen LogP contribution in [0.4, 0.5) is 0 Å². The largest absolute Gasteiger partial charge is 0.379 e. The molecular formula is C15H31NO2. The van der Waals surface area contributed by atoms with E-state index in [-0.39, 0.29) is 5.60 Å². The average molecular weight is 257 g/mol. The Hall–Kier alpha value is -0.120. The maximum absolute atomic E-state index is 6.04. The van der Waals surface area contributed by atoms with Crippen LogP contribution in [-0.2, 0) is 9.47 Å². The fourth-order valence-electron chi connectivity index (χ4n) is 2.87. The lowest BCUT2D eigenvalue weighted by Crippen LogP contribution is -2.44. The Morgan fingerprint density at radius 1 is 1.06 bits per heavy atom. The standard InChI is InChI=1S/C15H31NO2/c1-3-5-14-6-8-15(13-16,9-7-14)18-12-11-17-10-4-2/h14H,3-13,16H2,1-2H3. The lowest BCUT2D eigenvalue weighted by molar-refractivity contribution is -0.0886. The third kappa shape index (κ3) is 5.25. The molecule has 0 aromatic carbocycles. The molecule has 1 rings (SSSR count). The van der Waals surface area contributed by atoms with Crippen LogP contribution < -0.4 is 5.73 Å². The Balaban J connectivity index is 2.23. The van der Waals surface area contributed by atoms with Crippen molar-refractivity contribution < 1.29 is 9.47 Å². The van der Waals surface area contributed by atoms with Crippen molar-refractivity contribution in [3.8, 4) is 0 Å². The fourth-order valence-corrected chi connectivity index (χ4v) is 2.87. The van der Waals surface area contributed by atoms with Crippen molar-refractivity contribution in [3.05, 3.63) is 0 Å². The van der Waals surface area contributed by atoms with Crippen LogP contribution in [0, 0.1) is 5.92 Å². The fraction of sp³-hybridized carbons (Fsp3) is 1.00. The third-order valence-electron chi connectivity index (χ3n) is 4.07. The molecule has 1 fully saturated rings. The van der Waals surface area contributed by atoms with Gasteiger partial charge in [0.1, 0.15) is 0 Å². The Labute approximate surface area is 112 Å². The minimum Gasteiger partial charge on any atom is -0.379 e. The highest BCUT2D eigenvalue weighted by atomic mass is 16.5. The number of rotatable bonds is 9. The highest BCUT2D eigenvalue weighted by Gasteiger charge is 2.34. The van der Waals surface area contributed by atoms with Crippen molar-refractivity contribution in [2.24, 2.45) is 11.7 Å².